The van der Waals surface area contributed by atoms with Gasteiger partial charge in [0.2, 0.25) is 13.3 Å². The number of carboxylic acid groups (broad SMARTS) is 1. The standard InChI is InChI=1S/C27H42NO6P/c1-20(2)27(32)34-35(33,16-10-9-13-21-11-5-3-6-12-21)19-25(29)28-18-23(17-24(28)26(30)31)22-14-7-4-8-15-22/h3,5-6,11-12,20,22-24,27,32H,4,7-10,13-19H2,1-2H3,(H,30,31)/t23-,24+,27+,35-/m1/s1. The minimum atomic E-state index is -3.50. The van der Waals surface area contributed by atoms with E-state index < -0.39 is 31.6 Å². The molecular weight excluding hydrogens is 465 g/mol. The van der Waals surface area contributed by atoms with Gasteiger partial charge in [0, 0.05) is 18.6 Å². The van der Waals surface area contributed by atoms with Crippen molar-refractivity contribution < 1.29 is 28.9 Å². The summed E-state index contributed by atoms with van der Waals surface area (Å²) in [5.74, 6) is -1.08. The number of carbonyl (C=O) groups excluding carboxylic acids is 1. The van der Waals surface area contributed by atoms with Crippen molar-refractivity contribution in [2.24, 2.45) is 17.8 Å². The lowest BCUT2D eigenvalue weighted by Gasteiger charge is -2.28. The molecular formula is C27H42NO6P. The Hall–Kier alpha value is -1.69. The molecule has 2 N–H and O–H groups in total. The van der Waals surface area contributed by atoms with E-state index in [9.17, 15) is 24.4 Å². The third kappa shape index (κ3) is 8.16. The molecule has 4 atom stereocenters. The molecule has 1 aliphatic carbocycles. The molecule has 1 aromatic carbocycles. The van der Waals surface area contributed by atoms with Gasteiger partial charge in [-0.2, -0.15) is 0 Å². The molecule has 35 heavy (non-hydrogen) atoms. The second kappa shape index (κ2) is 13.0. The number of aryl methyl sites for hydroxylation is 1. The smallest absolute Gasteiger partial charge is 0.326 e. The first kappa shape index (κ1) is 27.9. The number of unbranched alkanes of at least 4 members (excludes halogenated alkanes) is 1. The van der Waals surface area contributed by atoms with Gasteiger partial charge in [0.25, 0.3) is 0 Å². The van der Waals surface area contributed by atoms with Crippen LogP contribution in [0.2, 0.25) is 0 Å². The highest BCUT2D eigenvalue weighted by atomic mass is 31.2. The fourth-order valence-electron chi connectivity index (χ4n) is 5.44. The number of aliphatic hydroxyl groups is 1. The maximum Gasteiger partial charge on any atom is 0.326 e. The van der Waals surface area contributed by atoms with Crippen LogP contribution in [0, 0.1) is 17.8 Å². The Morgan fingerprint density at radius 2 is 1.77 bits per heavy atom. The largest absolute Gasteiger partial charge is 0.480 e. The van der Waals surface area contributed by atoms with Crippen LogP contribution in [0.25, 0.3) is 0 Å². The van der Waals surface area contributed by atoms with E-state index in [2.05, 4.69) is 0 Å². The number of nitrogens with zero attached hydrogens (tertiary/aromatic N) is 1. The molecule has 0 aromatic heterocycles. The molecule has 0 unspecified atom stereocenters. The summed E-state index contributed by atoms with van der Waals surface area (Å²) in [5.41, 5.74) is 1.19. The van der Waals surface area contributed by atoms with Gasteiger partial charge in [-0.1, -0.05) is 76.3 Å². The summed E-state index contributed by atoms with van der Waals surface area (Å²) < 4.78 is 19.4. The lowest BCUT2D eigenvalue weighted by Crippen LogP contribution is -2.42. The van der Waals surface area contributed by atoms with Gasteiger partial charge in [-0.25, -0.2) is 4.79 Å². The fourth-order valence-corrected chi connectivity index (χ4v) is 7.71. The molecule has 1 saturated heterocycles. The average Bonchev–Trinajstić information content (AvgIpc) is 3.29. The van der Waals surface area contributed by atoms with E-state index in [1.165, 1.54) is 16.9 Å². The summed E-state index contributed by atoms with van der Waals surface area (Å²) in [6.45, 7) is 3.94. The summed E-state index contributed by atoms with van der Waals surface area (Å²) in [7, 11) is -3.50. The van der Waals surface area contributed by atoms with Crippen molar-refractivity contribution >= 4 is 19.2 Å². The Kier molecular flexibility index (Phi) is 10.4. The summed E-state index contributed by atoms with van der Waals surface area (Å²) in [6, 6.07) is 9.14. The number of benzene rings is 1. The normalized spacial score (nSPS) is 23.8. The molecule has 1 amide bonds. The van der Waals surface area contributed by atoms with Crippen molar-refractivity contribution in [3.8, 4) is 0 Å². The highest BCUT2D eigenvalue weighted by Crippen LogP contribution is 2.50. The van der Waals surface area contributed by atoms with Crippen LogP contribution in [0.5, 0.6) is 0 Å². The van der Waals surface area contributed by atoms with Crippen LogP contribution >= 0.6 is 7.37 Å². The van der Waals surface area contributed by atoms with Gasteiger partial charge < -0.3 is 15.1 Å². The molecule has 2 aliphatic rings. The van der Waals surface area contributed by atoms with Crippen LogP contribution in [0.4, 0.5) is 0 Å². The first-order valence-corrected chi connectivity index (χ1v) is 15.2. The molecule has 8 heteroatoms. The molecule has 3 rings (SSSR count). The maximum atomic E-state index is 13.8. The van der Waals surface area contributed by atoms with Gasteiger partial charge in [0.1, 0.15) is 12.2 Å². The third-order valence-electron chi connectivity index (χ3n) is 7.56. The van der Waals surface area contributed by atoms with E-state index in [4.69, 9.17) is 4.52 Å². The Balaban J connectivity index is 1.65. The quantitative estimate of drug-likeness (QED) is 0.230. The van der Waals surface area contributed by atoms with E-state index in [0.717, 1.165) is 38.5 Å². The highest BCUT2D eigenvalue weighted by Gasteiger charge is 2.44. The summed E-state index contributed by atoms with van der Waals surface area (Å²) in [5, 5.41) is 20.1. The van der Waals surface area contributed by atoms with Crippen molar-refractivity contribution in [1.82, 2.24) is 4.90 Å². The number of hydrogen-bond donors (Lipinski definition) is 2. The van der Waals surface area contributed by atoms with Gasteiger partial charge in [-0.3, -0.25) is 13.9 Å². The molecule has 1 heterocycles. The SMILES string of the molecule is CC(C)[C@@H](O)O[P@](=O)(CCCCc1ccccc1)CC(=O)N1C[C@H](C2CCCCC2)C[C@H]1C(=O)O. The van der Waals surface area contributed by atoms with Gasteiger partial charge in [0.15, 0.2) is 6.29 Å². The fraction of sp³-hybridized carbons (Fsp3) is 0.704. The lowest BCUT2D eigenvalue weighted by molar-refractivity contribution is -0.147. The van der Waals surface area contributed by atoms with Crippen LogP contribution < -0.4 is 0 Å². The minimum absolute atomic E-state index is 0.174. The predicted molar refractivity (Wildman–Crippen MR) is 136 cm³/mol. The van der Waals surface area contributed by atoms with Crippen LogP contribution in [-0.2, 0) is 25.1 Å². The van der Waals surface area contributed by atoms with Crippen LogP contribution in [0.15, 0.2) is 30.3 Å². The maximum absolute atomic E-state index is 13.8. The summed E-state index contributed by atoms with van der Waals surface area (Å²) in [4.78, 5) is 26.7. The molecule has 2 fully saturated rings. The number of likely N-dealkylation sites (tertiary alicyclic amines) is 1. The van der Waals surface area contributed by atoms with E-state index in [-0.39, 0.29) is 24.2 Å². The number of carboxylic acids is 1. The number of rotatable bonds is 12. The van der Waals surface area contributed by atoms with Crippen molar-refractivity contribution in [2.75, 3.05) is 18.9 Å². The van der Waals surface area contributed by atoms with Crippen molar-refractivity contribution in [1.29, 1.82) is 0 Å². The monoisotopic (exact) mass is 507 g/mol. The number of aliphatic carboxylic acids is 1. The zero-order valence-electron chi connectivity index (χ0n) is 21.2. The topological polar surface area (TPSA) is 104 Å². The summed E-state index contributed by atoms with van der Waals surface area (Å²) >= 11 is 0. The minimum Gasteiger partial charge on any atom is -0.480 e. The Morgan fingerprint density at radius 3 is 2.40 bits per heavy atom. The number of aliphatic hydroxyl groups excluding tert-OH is 1. The first-order chi connectivity index (χ1) is 16.7. The summed E-state index contributed by atoms with van der Waals surface area (Å²) in [6.07, 6.45) is 6.98. The number of hydrogen-bond acceptors (Lipinski definition) is 5. The highest BCUT2D eigenvalue weighted by molar-refractivity contribution is 7.59. The molecule has 0 bridgehead atoms. The zero-order valence-corrected chi connectivity index (χ0v) is 22.1. The predicted octanol–water partition coefficient (Wildman–Crippen LogP) is 5.16. The second-order valence-electron chi connectivity index (χ2n) is 10.7. The van der Waals surface area contributed by atoms with Crippen molar-refractivity contribution in [3.63, 3.8) is 0 Å². The molecule has 1 saturated carbocycles. The molecule has 1 aliphatic heterocycles. The van der Waals surface area contributed by atoms with Gasteiger partial charge >= 0.3 is 5.97 Å². The van der Waals surface area contributed by atoms with Gasteiger partial charge in [-0.15, -0.1) is 0 Å². The molecule has 0 spiro atoms. The Labute approximate surface area is 209 Å². The van der Waals surface area contributed by atoms with Crippen molar-refractivity contribution in [3.05, 3.63) is 35.9 Å². The third-order valence-corrected chi connectivity index (χ3v) is 9.91. The number of amides is 1. The average molecular weight is 508 g/mol. The van der Waals surface area contributed by atoms with Gasteiger partial charge in [0.05, 0.1) is 0 Å². The van der Waals surface area contributed by atoms with E-state index >= 15 is 0 Å². The molecule has 7 nitrogen and oxygen atoms in total. The molecule has 196 valence electrons. The van der Waals surface area contributed by atoms with Crippen LogP contribution in [-0.4, -0.2) is 58.2 Å². The van der Waals surface area contributed by atoms with Gasteiger partial charge in [-0.05, 0) is 43.1 Å². The Bertz CT molecular complexity index is 870. The Morgan fingerprint density at radius 1 is 1.09 bits per heavy atom. The van der Waals surface area contributed by atoms with E-state index in [0.29, 0.717) is 25.3 Å². The second-order valence-corrected chi connectivity index (χ2v) is 13.3. The molecule has 1 aromatic rings. The molecule has 0 radical (unpaired) electrons. The van der Waals surface area contributed by atoms with Crippen LogP contribution in [0.3, 0.4) is 0 Å². The lowest BCUT2D eigenvalue weighted by atomic mass is 9.79. The zero-order chi connectivity index (χ0) is 25.4. The number of carbonyl (C=O) groups is 2. The van der Waals surface area contributed by atoms with E-state index in [1.54, 1.807) is 13.8 Å². The first-order valence-electron chi connectivity index (χ1n) is 13.2. The van der Waals surface area contributed by atoms with Crippen LogP contribution in [0.1, 0.15) is 70.8 Å². The van der Waals surface area contributed by atoms with E-state index in [1.807, 2.05) is 30.3 Å². The van der Waals surface area contributed by atoms with Crippen molar-refractivity contribution in [2.45, 2.75) is 84.0 Å².